The maximum Gasteiger partial charge on any atom is 0.344 e. The number of nitrogens with zero attached hydrogens (tertiary/aromatic N) is 2. The van der Waals surface area contributed by atoms with Crippen LogP contribution in [-0.4, -0.2) is 47.6 Å². The number of aromatic amines is 1. The number of ether oxygens (including phenoxy) is 3. The molecule has 0 bridgehead atoms. The SMILES string of the molecule is CCOC(=O)COc1c(I)cc(-c2n[nH]nc2C(N)=O)cc1OC. The van der Waals surface area contributed by atoms with E-state index in [0.29, 0.717) is 26.3 Å². The first kappa shape index (κ1) is 18.0. The minimum Gasteiger partial charge on any atom is -0.493 e. The van der Waals surface area contributed by atoms with Gasteiger partial charge in [-0.1, -0.05) is 0 Å². The first-order valence-corrected chi connectivity index (χ1v) is 7.92. The van der Waals surface area contributed by atoms with E-state index in [9.17, 15) is 9.59 Å². The van der Waals surface area contributed by atoms with Crippen LogP contribution in [0.4, 0.5) is 0 Å². The van der Waals surface area contributed by atoms with Crippen LogP contribution in [0.5, 0.6) is 11.5 Å². The third kappa shape index (κ3) is 3.93. The number of methoxy groups -OCH3 is 1. The van der Waals surface area contributed by atoms with Crippen molar-refractivity contribution in [3.8, 4) is 22.8 Å². The van der Waals surface area contributed by atoms with Crippen molar-refractivity contribution >= 4 is 34.5 Å². The maximum absolute atomic E-state index is 11.4. The molecule has 0 spiro atoms. The Kier molecular flexibility index (Phi) is 5.95. The van der Waals surface area contributed by atoms with Gasteiger partial charge in [-0.2, -0.15) is 15.4 Å². The van der Waals surface area contributed by atoms with Gasteiger partial charge in [-0.25, -0.2) is 4.79 Å². The van der Waals surface area contributed by atoms with Crippen LogP contribution < -0.4 is 15.2 Å². The lowest BCUT2D eigenvalue weighted by molar-refractivity contribution is -0.145. The smallest absolute Gasteiger partial charge is 0.344 e. The van der Waals surface area contributed by atoms with Crippen molar-refractivity contribution in [2.24, 2.45) is 5.73 Å². The molecule has 1 heterocycles. The molecule has 10 heteroatoms. The van der Waals surface area contributed by atoms with E-state index in [1.54, 1.807) is 19.1 Å². The highest BCUT2D eigenvalue weighted by atomic mass is 127. The van der Waals surface area contributed by atoms with Gasteiger partial charge in [-0.15, -0.1) is 0 Å². The average molecular weight is 446 g/mol. The van der Waals surface area contributed by atoms with Gasteiger partial charge in [-0.3, -0.25) is 4.79 Å². The Morgan fingerprint density at radius 3 is 2.71 bits per heavy atom. The van der Waals surface area contributed by atoms with E-state index >= 15 is 0 Å². The summed E-state index contributed by atoms with van der Waals surface area (Å²) in [7, 11) is 1.46. The largest absolute Gasteiger partial charge is 0.493 e. The molecule has 24 heavy (non-hydrogen) atoms. The van der Waals surface area contributed by atoms with E-state index in [4.69, 9.17) is 19.9 Å². The molecule has 128 valence electrons. The lowest BCUT2D eigenvalue weighted by atomic mass is 10.1. The van der Waals surface area contributed by atoms with Crippen LogP contribution in [0.3, 0.4) is 0 Å². The van der Waals surface area contributed by atoms with Gasteiger partial charge in [0.2, 0.25) is 0 Å². The number of hydrogen-bond acceptors (Lipinski definition) is 7. The third-order valence-electron chi connectivity index (χ3n) is 2.92. The Bertz CT molecular complexity index is 762. The van der Waals surface area contributed by atoms with Gasteiger partial charge in [0.1, 0.15) is 5.69 Å². The fraction of sp³-hybridized carbons (Fsp3) is 0.286. The number of halogens is 1. The van der Waals surface area contributed by atoms with Crippen LogP contribution in [0.15, 0.2) is 12.1 Å². The minimum absolute atomic E-state index is 0.0213. The molecule has 2 aromatic rings. The van der Waals surface area contributed by atoms with Gasteiger partial charge in [0.25, 0.3) is 5.91 Å². The number of nitrogens with two attached hydrogens (primary N) is 1. The third-order valence-corrected chi connectivity index (χ3v) is 3.73. The van der Waals surface area contributed by atoms with Crippen molar-refractivity contribution in [2.75, 3.05) is 20.3 Å². The number of nitrogens with one attached hydrogen (secondary N) is 1. The Morgan fingerprint density at radius 1 is 1.33 bits per heavy atom. The quantitative estimate of drug-likeness (QED) is 0.482. The van der Waals surface area contributed by atoms with Gasteiger partial charge < -0.3 is 19.9 Å². The van der Waals surface area contributed by atoms with E-state index in [1.807, 2.05) is 22.6 Å². The van der Waals surface area contributed by atoms with Crippen molar-refractivity contribution < 1.29 is 23.8 Å². The summed E-state index contributed by atoms with van der Waals surface area (Å²) in [6, 6.07) is 3.33. The number of amides is 1. The minimum atomic E-state index is -0.699. The second-order valence-electron chi connectivity index (χ2n) is 4.47. The van der Waals surface area contributed by atoms with E-state index in [-0.39, 0.29) is 18.9 Å². The molecule has 0 aliphatic heterocycles. The van der Waals surface area contributed by atoms with E-state index in [2.05, 4.69) is 15.4 Å². The molecule has 1 aromatic carbocycles. The average Bonchev–Trinajstić information content (AvgIpc) is 3.03. The molecule has 0 aliphatic carbocycles. The number of carbonyl (C=O) groups excluding carboxylic acids is 2. The summed E-state index contributed by atoms with van der Waals surface area (Å²) >= 11 is 2.03. The second-order valence-corrected chi connectivity index (χ2v) is 5.63. The predicted octanol–water partition coefficient (Wildman–Crippen LogP) is 1.13. The van der Waals surface area contributed by atoms with Gasteiger partial charge >= 0.3 is 5.97 Å². The Balaban J connectivity index is 2.35. The van der Waals surface area contributed by atoms with Gasteiger partial charge in [0, 0.05) is 5.56 Å². The zero-order chi connectivity index (χ0) is 17.7. The molecule has 2 rings (SSSR count). The van der Waals surface area contributed by atoms with Crippen molar-refractivity contribution in [3.63, 3.8) is 0 Å². The lowest BCUT2D eigenvalue weighted by Crippen LogP contribution is -2.15. The zero-order valence-electron chi connectivity index (χ0n) is 13.0. The monoisotopic (exact) mass is 446 g/mol. The van der Waals surface area contributed by atoms with E-state index in [1.165, 1.54) is 7.11 Å². The molecule has 0 saturated heterocycles. The topological polar surface area (TPSA) is 129 Å². The number of carbonyl (C=O) groups is 2. The summed E-state index contributed by atoms with van der Waals surface area (Å²) in [6.07, 6.45) is 0. The Hall–Kier alpha value is -2.37. The molecule has 3 N–H and O–H groups in total. The molecule has 0 radical (unpaired) electrons. The maximum atomic E-state index is 11.4. The lowest BCUT2D eigenvalue weighted by Gasteiger charge is -2.13. The van der Waals surface area contributed by atoms with Gasteiger partial charge in [0.05, 0.1) is 17.3 Å². The molecule has 0 saturated carbocycles. The molecule has 0 atom stereocenters. The van der Waals surface area contributed by atoms with E-state index in [0.717, 1.165) is 0 Å². The van der Waals surface area contributed by atoms with Gasteiger partial charge in [-0.05, 0) is 41.6 Å². The van der Waals surface area contributed by atoms with Crippen LogP contribution in [-0.2, 0) is 9.53 Å². The summed E-state index contributed by atoms with van der Waals surface area (Å²) in [6.45, 7) is 1.75. The van der Waals surface area contributed by atoms with Crippen molar-refractivity contribution in [2.45, 2.75) is 6.92 Å². The van der Waals surface area contributed by atoms with Crippen LogP contribution in [0.1, 0.15) is 17.4 Å². The van der Waals surface area contributed by atoms with Crippen molar-refractivity contribution in [1.29, 1.82) is 0 Å². The van der Waals surface area contributed by atoms with Crippen LogP contribution in [0.25, 0.3) is 11.3 Å². The summed E-state index contributed by atoms with van der Waals surface area (Å²) in [5, 5.41) is 10.0. The van der Waals surface area contributed by atoms with Crippen LogP contribution in [0, 0.1) is 3.57 Å². The molecule has 0 fully saturated rings. The zero-order valence-corrected chi connectivity index (χ0v) is 15.1. The van der Waals surface area contributed by atoms with Crippen LogP contribution >= 0.6 is 22.6 Å². The number of rotatable bonds is 7. The molecule has 1 aromatic heterocycles. The second kappa shape index (κ2) is 7.95. The van der Waals surface area contributed by atoms with Crippen molar-refractivity contribution in [3.05, 3.63) is 21.4 Å². The first-order valence-electron chi connectivity index (χ1n) is 6.84. The number of H-pyrrole nitrogens is 1. The summed E-state index contributed by atoms with van der Waals surface area (Å²) in [5.41, 5.74) is 6.17. The molecular formula is C14H15IN4O5. The predicted molar refractivity (Wildman–Crippen MR) is 91.7 cm³/mol. The fourth-order valence-corrected chi connectivity index (χ4v) is 2.69. The van der Waals surface area contributed by atoms with E-state index < -0.39 is 11.9 Å². The Labute approximate surface area is 151 Å². The number of primary amides is 1. The summed E-state index contributed by atoms with van der Waals surface area (Å²) in [5.74, 6) is -0.416. The molecule has 0 unspecified atom stereocenters. The highest BCUT2D eigenvalue weighted by Crippen LogP contribution is 2.37. The number of benzene rings is 1. The number of aromatic nitrogens is 3. The highest BCUT2D eigenvalue weighted by molar-refractivity contribution is 14.1. The Morgan fingerprint density at radius 2 is 2.08 bits per heavy atom. The molecular weight excluding hydrogens is 431 g/mol. The molecule has 1 amide bonds. The van der Waals surface area contributed by atoms with Crippen molar-refractivity contribution in [1.82, 2.24) is 15.4 Å². The summed E-state index contributed by atoms with van der Waals surface area (Å²) in [4.78, 5) is 22.8. The molecule has 9 nitrogen and oxygen atoms in total. The standard InChI is InChI=1S/C14H15IN4O5/c1-3-23-10(20)6-24-13-8(15)4-7(5-9(13)22-2)11-12(14(16)21)18-19-17-11/h4-5H,3,6H2,1-2H3,(H2,16,21)(H,17,18,19). The van der Waals surface area contributed by atoms with Gasteiger partial charge in [0.15, 0.2) is 23.8 Å². The molecule has 0 aliphatic rings. The summed E-state index contributed by atoms with van der Waals surface area (Å²) < 4.78 is 16.3. The first-order chi connectivity index (χ1) is 11.5. The fourth-order valence-electron chi connectivity index (χ4n) is 1.93. The highest BCUT2D eigenvalue weighted by Gasteiger charge is 2.20. The van der Waals surface area contributed by atoms with Crippen LogP contribution in [0.2, 0.25) is 0 Å². The normalized spacial score (nSPS) is 10.3. The number of hydrogen-bond donors (Lipinski definition) is 2. The number of esters is 1.